The first-order chi connectivity index (χ1) is 11.1. The van der Waals surface area contributed by atoms with Gasteiger partial charge in [0.05, 0.1) is 18.5 Å². The van der Waals surface area contributed by atoms with Gasteiger partial charge in [0, 0.05) is 17.3 Å². The number of anilines is 2. The molecule has 1 aliphatic heterocycles. The Morgan fingerprint density at radius 2 is 2.22 bits per heavy atom. The molecule has 1 aromatic heterocycles. The number of esters is 1. The lowest BCUT2D eigenvalue weighted by Crippen LogP contribution is -2.42. The van der Waals surface area contributed by atoms with Gasteiger partial charge in [0.15, 0.2) is 0 Å². The Balaban J connectivity index is 1.91. The highest BCUT2D eigenvalue weighted by Crippen LogP contribution is 2.26. The number of hydrogen-bond donors (Lipinski definition) is 2. The van der Waals surface area contributed by atoms with Crippen LogP contribution < -0.4 is 10.6 Å². The molecular formula is C15H15ClN4O3. The molecule has 0 saturated carbocycles. The predicted octanol–water partition coefficient (Wildman–Crippen LogP) is 2.50. The third-order valence-electron chi connectivity index (χ3n) is 3.48. The number of amides is 1. The number of carbonyl (C=O) groups excluding carboxylic acids is 2. The number of carbonyl (C=O) groups is 2. The summed E-state index contributed by atoms with van der Waals surface area (Å²) in [6.07, 6.45) is 1.51. The van der Waals surface area contributed by atoms with Gasteiger partial charge in [0.25, 0.3) is 0 Å². The van der Waals surface area contributed by atoms with Crippen LogP contribution in [-0.2, 0) is 9.53 Å². The smallest absolute Gasteiger partial charge is 0.328 e. The van der Waals surface area contributed by atoms with Crippen molar-refractivity contribution in [1.29, 1.82) is 0 Å². The second-order valence-corrected chi connectivity index (χ2v) is 5.40. The first-order valence-corrected chi connectivity index (χ1v) is 7.53. The van der Waals surface area contributed by atoms with E-state index in [9.17, 15) is 9.59 Å². The summed E-state index contributed by atoms with van der Waals surface area (Å²) in [6.45, 7) is 2.22. The van der Waals surface area contributed by atoms with Crippen LogP contribution in [0.5, 0.6) is 0 Å². The molecule has 23 heavy (non-hydrogen) atoms. The topological polar surface area (TPSA) is 85.2 Å². The summed E-state index contributed by atoms with van der Waals surface area (Å²) in [5.74, 6) is -0.624. The molecule has 1 aromatic carbocycles. The number of nitrogens with one attached hydrogen (secondary N) is 2. The summed E-state index contributed by atoms with van der Waals surface area (Å²) >= 11 is 5.85. The van der Waals surface area contributed by atoms with E-state index in [0.29, 0.717) is 16.7 Å². The standard InChI is InChI=1S/C15H15ClN4O3/c1-2-23-13(21)11-7-18-15(22)20-12(11)8-17-14(20)19-10-5-3-9(16)4-6-10/h3-6,8,11H,2,7H2,1H3,(H,17,19)(H,18,22). The molecule has 8 heteroatoms. The zero-order valence-corrected chi connectivity index (χ0v) is 13.1. The minimum Gasteiger partial charge on any atom is -0.465 e. The van der Waals surface area contributed by atoms with E-state index in [-0.39, 0.29) is 25.2 Å². The first-order valence-electron chi connectivity index (χ1n) is 7.15. The first kappa shape index (κ1) is 15.4. The quantitative estimate of drug-likeness (QED) is 0.839. The zero-order chi connectivity index (χ0) is 16.4. The predicted molar refractivity (Wildman–Crippen MR) is 85.1 cm³/mol. The third kappa shape index (κ3) is 3.00. The van der Waals surface area contributed by atoms with Crippen LogP contribution in [0.4, 0.5) is 16.4 Å². The number of imidazole rings is 1. The molecule has 0 spiro atoms. The second-order valence-electron chi connectivity index (χ2n) is 4.96. The van der Waals surface area contributed by atoms with Gasteiger partial charge in [-0.05, 0) is 31.2 Å². The summed E-state index contributed by atoms with van der Waals surface area (Å²) in [5.41, 5.74) is 1.23. The van der Waals surface area contributed by atoms with E-state index in [0.717, 1.165) is 5.69 Å². The highest BCUT2D eigenvalue weighted by atomic mass is 35.5. The number of hydrogen-bond acceptors (Lipinski definition) is 5. The molecule has 1 unspecified atom stereocenters. The summed E-state index contributed by atoms with van der Waals surface area (Å²) in [5, 5.41) is 6.32. The fraction of sp³-hybridized carbons (Fsp3) is 0.267. The maximum absolute atomic E-state index is 12.1. The third-order valence-corrected chi connectivity index (χ3v) is 3.73. The molecule has 2 aromatic rings. The fourth-order valence-electron chi connectivity index (χ4n) is 2.39. The van der Waals surface area contributed by atoms with Crippen LogP contribution in [0.15, 0.2) is 30.5 Å². The van der Waals surface area contributed by atoms with Crippen molar-refractivity contribution < 1.29 is 14.3 Å². The highest BCUT2D eigenvalue weighted by Gasteiger charge is 2.33. The van der Waals surface area contributed by atoms with E-state index in [1.54, 1.807) is 31.2 Å². The molecule has 1 amide bonds. The summed E-state index contributed by atoms with van der Waals surface area (Å²) < 4.78 is 6.39. The van der Waals surface area contributed by atoms with Crippen molar-refractivity contribution in [3.05, 3.63) is 41.2 Å². The minimum atomic E-state index is -0.569. The minimum absolute atomic E-state index is 0.198. The Bertz CT molecular complexity index is 742. The SMILES string of the molecule is CCOC(=O)C1CNC(=O)n2c1cnc2Nc1ccc(Cl)cc1. The van der Waals surface area contributed by atoms with Crippen LogP contribution >= 0.6 is 11.6 Å². The Labute approximate surface area is 137 Å². The van der Waals surface area contributed by atoms with Crippen LogP contribution in [0.2, 0.25) is 5.02 Å². The van der Waals surface area contributed by atoms with Crippen molar-refractivity contribution in [3.63, 3.8) is 0 Å². The number of aromatic nitrogens is 2. The molecule has 7 nitrogen and oxygen atoms in total. The van der Waals surface area contributed by atoms with Crippen molar-refractivity contribution in [2.45, 2.75) is 12.8 Å². The summed E-state index contributed by atoms with van der Waals surface area (Å²) in [6, 6.07) is 6.66. The molecule has 2 heterocycles. The maximum Gasteiger partial charge on any atom is 0.328 e. The normalized spacial score (nSPS) is 16.4. The van der Waals surface area contributed by atoms with Crippen LogP contribution in [0, 0.1) is 0 Å². The van der Waals surface area contributed by atoms with E-state index in [1.807, 2.05) is 0 Å². The van der Waals surface area contributed by atoms with Gasteiger partial charge in [-0.2, -0.15) is 0 Å². The zero-order valence-electron chi connectivity index (χ0n) is 12.4. The Morgan fingerprint density at radius 1 is 1.48 bits per heavy atom. The van der Waals surface area contributed by atoms with Gasteiger partial charge >= 0.3 is 12.0 Å². The Hall–Kier alpha value is -2.54. The van der Waals surface area contributed by atoms with Gasteiger partial charge in [-0.15, -0.1) is 0 Å². The highest BCUT2D eigenvalue weighted by molar-refractivity contribution is 6.30. The van der Waals surface area contributed by atoms with E-state index < -0.39 is 5.92 Å². The van der Waals surface area contributed by atoms with E-state index in [2.05, 4.69) is 15.6 Å². The molecule has 1 aliphatic rings. The van der Waals surface area contributed by atoms with Crippen LogP contribution in [0.3, 0.4) is 0 Å². The average molecular weight is 335 g/mol. The van der Waals surface area contributed by atoms with E-state index in [1.165, 1.54) is 10.8 Å². The Kier molecular flexibility index (Phi) is 4.20. The van der Waals surface area contributed by atoms with Gasteiger partial charge in [-0.3, -0.25) is 4.79 Å². The number of nitrogens with zero attached hydrogens (tertiary/aromatic N) is 2. The van der Waals surface area contributed by atoms with Crippen molar-refractivity contribution in [2.24, 2.45) is 0 Å². The summed E-state index contributed by atoms with van der Waals surface area (Å²) in [4.78, 5) is 28.4. The van der Waals surface area contributed by atoms with Gasteiger partial charge in [0.2, 0.25) is 5.95 Å². The van der Waals surface area contributed by atoms with E-state index in [4.69, 9.17) is 16.3 Å². The van der Waals surface area contributed by atoms with Gasteiger partial charge in [-0.25, -0.2) is 14.3 Å². The maximum atomic E-state index is 12.1. The molecule has 0 fully saturated rings. The molecule has 1 atom stereocenters. The molecule has 0 aliphatic carbocycles. The van der Waals surface area contributed by atoms with Crippen molar-refractivity contribution in [1.82, 2.24) is 14.9 Å². The van der Waals surface area contributed by atoms with E-state index >= 15 is 0 Å². The van der Waals surface area contributed by atoms with Gasteiger partial charge < -0.3 is 15.4 Å². The fourth-order valence-corrected chi connectivity index (χ4v) is 2.52. The number of ether oxygens (including phenoxy) is 1. The molecule has 0 saturated heterocycles. The molecule has 120 valence electrons. The number of rotatable bonds is 4. The average Bonchev–Trinajstić information content (AvgIpc) is 2.95. The van der Waals surface area contributed by atoms with Crippen LogP contribution in [0.1, 0.15) is 18.5 Å². The van der Waals surface area contributed by atoms with Gasteiger partial charge in [0.1, 0.15) is 5.92 Å². The number of benzene rings is 1. The van der Waals surface area contributed by atoms with Crippen LogP contribution in [0.25, 0.3) is 0 Å². The number of halogens is 1. The lowest BCUT2D eigenvalue weighted by atomic mass is 10.1. The molecule has 2 N–H and O–H groups in total. The lowest BCUT2D eigenvalue weighted by molar-refractivity contribution is -0.145. The molecule has 0 radical (unpaired) electrons. The Morgan fingerprint density at radius 3 is 2.91 bits per heavy atom. The largest absolute Gasteiger partial charge is 0.465 e. The summed E-state index contributed by atoms with van der Waals surface area (Å²) in [7, 11) is 0. The molecular weight excluding hydrogens is 320 g/mol. The van der Waals surface area contributed by atoms with Crippen molar-refractivity contribution >= 4 is 35.2 Å². The number of fused-ring (bicyclic) bond motifs is 1. The monoisotopic (exact) mass is 334 g/mol. The molecule has 3 rings (SSSR count). The molecule has 0 bridgehead atoms. The lowest BCUT2D eigenvalue weighted by Gasteiger charge is -2.23. The van der Waals surface area contributed by atoms with Crippen molar-refractivity contribution in [3.8, 4) is 0 Å². The van der Waals surface area contributed by atoms with Gasteiger partial charge in [-0.1, -0.05) is 11.6 Å². The van der Waals surface area contributed by atoms with Crippen molar-refractivity contribution in [2.75, 3.05) is 18.5 Å². The van der Waals surface area contributed by atoms with Crippen LogP contribution in [-0.4, -0.2) is 34.7 Å². The second kappa shape index (κ2) is 6.29.